The molecular formula is C24H31N5O3S. The number of benzene rings is 2. The van der Waals surface area contributed by atoms with Gasteiger partial charge in [0.2, 0.25) is 15.9 Å². The third-order valence-electron chi connectivity index (χ3n) is 6.64. The first-order chi connectivity index (χ1) is 15.7. The van der Waals surface area contributed by atoms with E-state index in [4.69, 9.17) is 0 Å². The Balaban J connectivity index is 1.45. The van der Waals surface area contributed by atoms with Crippen LogP contribution in [0.2, 0.25) is 0 Å². The van der Waals surface area contributed by atoms with Gasteiger partial charge in [-0.15, -0.1) is 5.10 Å². The highest BCUT2D eigenvalue weighted by molar-refractivity contribution is 7.89. The fourth-order valence-electron chi connectivity index (χ4n) is 4.32. The maximum Gasteiger partial charge on any atom is 0.243 e. The molecule has 0 saturated carbocycles. The molecule has 176 valence electrons. The molecule has 4 rings (SSSR count). The number of carbonyl (C=O) groups is 1. The van der Waals surface area contributed by atoms with Crippen LogP contribution in [0.1, 0.15) is 50.3 Å². The Morgan fingerprint density at radius 2 is 1.82 bits per heavy atom. The number of nitrogens with one attached hydrogen (secondary N) is 1. The van der Waals surface area contributed by atoms with Crippen LogP contribution >= 0.6 is 0 Å². The van der Waals surface area contributed by atoms with E-state index in [0.717, 1.165) is 28.8 Å². The number of anilines is 1. The van der Waals surface area contributed by atoms with Gasteiger partial charge in [0.15, 0.2) is 0 Å². The number of aromatic nitrogens is 3. The molecule has 1 aliphatic heterocycles. The predicted molar refractivity (Wildman–Crippen MR) is 129 cm³/mol. The molecule has 1 aliphatic rings. The van der Waals surface area contributed by atoms with E-state index in [1.54, 1.807) is 18.2 Å². The molecule has 8 nitrogen and oxygen atoms in total. The molecule has 2 aromatic carbocycles. The molecule has 1 saturated heterocycles. The number of amides is 1. The van der Waals surface area contributed by atoms with Crippen LogP contribution in [0.15, 0.2) is 41.3 Å². The monoisotopic (exact) mass is 469 g/mol. The number of aryl methyl sites for hydroxylation is 2. The van der Waals surface area contributed by atoms with Gasteiger partial charge in [-0.2, -0.15) is 4.31 Å². The summed E-state index contributed by atoms with van der Waals surface area (Å²) in [6, 6.07) is 11.1. The maximum atomic E-state index is 13.3. The summed E-state index contributed by atoms with van der Waals surface area (Å²) in [5, 5.41) is 11.4. The van der Waals surface area contributed by atoms with Crippen LogP contribution in [-0.4, -0.2) is 46.7 Å². The molecule has 1 atom stereocenters. The highest BCUT2D eigenvalue weighted by Gasteiger charge is 2.32. The Morgan fingerprint density at radius 3 is 2.45 bits per heavy atom. The van der Waals surface area contributed by atoms with Crippen molar-refractivity contribution in [1.29, 1.82) is 0 Å². The second-order valence-electron chi connectivity index (χ2n) is 8.88. The van der Waals surface area contributed by atoms with Gasteiger partial charge in [-0.05, 0) is 69.4 Å². The Hall–Kier alpha value is -2.78. The molecule has 33 heavy (non-hydrogen) atoms. The lowest BCUT2D eigenvalue weighted by atomic mass is 9.96. The van der Waals surface area contributed by atoms with Gasteiger partial charge in [0.05, 0.1) is 16.5 Å². The predicted octanol–water partition coefficient (Wildman–Crippen LogP) is 4.06. The fraction of sp³-hybridized carbons (Fsp3) is 0.458. The highest BCUT2D eigenvalue weighted by Crippen LogP contribution is 2.28. The lowest BCUT2D eigenvalue weighted by Crippen LogP contribution is -2.41. The van der Waals surface area contributed by atoms with Crippen molar-refractivity contribution < 1.29 is 13.2 Å². The molecule has 1 N–H and O–H groups in total. The lowest BCUT2D eigenvalue weighted by molar-refractivity contribution is -0.120. The minimum atomic E-state index is -3.67. The Labute approximate surface area is 195 Å². The Kier molecular flexibility index (Phi) is 6.54. The van der Waals surface area contributed by atoms with Crippen molar-refractivity contribution in [3.8, 4) is 0 Å². The molecule has 1 amide bonds. The second kappa shape index (κ2) is 9.23. The molecule has 0 radical (unpaired) electrons. The fourth-order valence-corrected chi connectivity index (χ4v) is 5.82. The third-order valence-corrected chi connectivity index (χ3v) is 8.54. The number of fused-ring (bicyclic) bond motifs is 1. The summed E-state index contributed by atoms with van der Waals surface area (Å²) in [5.74, 6) is -0.263. The summed E-state index contributed by atoms with van der Waals surface area (Å²) in [7, 11) is -3.67. The Bertz CT molecular complexity index is 1260. The van der Waals surface area contributed by atoms with Crippen molar-refractivity contribution in [1.82, 2.24) is 19.3 Å². The lowest BCUT2D eigenvalue weighted by Gasteiger charge is -2.30. The number of hydrogen-bond acceptors (Lipinski definition) is 5. The molecule has 0 bridgehead atoms. The van der Waals surface area contributed by atoms with Gasteiger partial charge in [0.1, 0.15) is 5.52 Å². The van der Waals surface area contributed by atoms with Crippen LogP contribution in [-0.2, 0) is 14.8 Å². The van der Waals surface area contributed by atoms with E-state index in [0.29, 0.717) is 31.4 Å². The van der Waals surface area contributed by atoms with E-state index in [2.05, 4.69) is 29.5 Å². The molecule has 0 spiro atoms. The number of hydrogen-bond donors (Lipinski definition) is 1. The van der Waals surface area contributed by atoms with E-state index in [9.17, 15) is 13.2 Å². The quantitative estimate of drug-likeness (QED) is 0.587. The van der Waals surface area contributed by atoms with Crippen molar-refractivity contribution in [2.24, 2.45) is 5.92 Å². The van der Waals surface area contributed by atoms with Gasteiger partial charge in [0, 0.05) is 24.7 Å². The molecule has 2 heterocycles. The number of rotatable bonds is 6. The van der Waals surface area contributed by atoms with Crippen molar-refractivity contribution >= 4 is 32.7 Å². The van der Waals surface area contributed by atoms with Crippen LogP contribution in [0, 0.1) is 19.8 Å². The van der Waals surface area contributed by atoms with Crippen LogP contribution in [0.4, 0.5) is 5.69 Å². The zero-order valence-electron chi connectivity index (χ0n) is 19.6. The smallest absolute Gasteiger partial charge is 0.243 e. The second-order valence-corrected chi connectivity index (χ2v) is 10.8. The minimum absolute atomic E-state index is 0.0486. The van der Waals surface area contributed by atoms with Gasteiger partial charge in [-0.25, -0.2) is 13.1 Å². The van der Waals surface area contributed by atoms with E-state index in [-0.39, 0.29) is 22.8 Å². The summed E-state index contributed by atoms with van der Waals surface area (Å²) in [6.07, 6.45) is 1.88. The molecular weight excluding hydrogens is 438 g/mol. The van der Waals surface area contributed by atoms with E-state index in [1.807, 2.05) is 36.7 Å². The van der Waals surface area contributed by atoms with Crippen LogP contribution in [0.3, 0.4) is 0 Å². The minimum Gasteiger partial charge on any atom is -0.325 e. The number of nitrogens with zero attached hydrogens (tertiary/aromatic N) is 4. The Morgan fingerprint density at radius 1 is 1.15 bits per heavy atom. The summed E-state index contributed by atoms with van der Waals surface area (Å²) in [6.45, 7) is 8.68. The topological polar surface area (TPSA) is 97.2 Å². The average Bonchev–Trinajstić information content (AvgIpc) is 3.24. The first-order valence-corrected chi connectivity index (χ1v) is 12.9. The molecule has 1 fully saturated rings. The van der Waals surface area contributed by atoms with Crippen LogP contribution in [0.25, 0.3) is 11.0 Å². The van der Waals surface area contributed by atoms with E-state index in [1.165, 1.54) is 4.31 Å². The van der Waals surface area contributed by atoms with Gasteiger partial charge in [-0.1, -0.05) is 30.3 Å². The van der Waals surface area contributed by atoms with Crippen LogP contribution < -0.4 is 5.32 Å². The van der Waals surface area contributed by atoms with Crippen molar-refractivity contribution in [2.45, 2.75) is 57.9 Å². The van der Waals surface area contributed by atoms with Crippen molar-refractivity contribution in [3.63, 3.8) is 0 Å². The zero-order chi connectivity index (χ0) is 23.8. The van der Waals surface area contributed by atoms with Gasteiger partial charge in [0.25, 0.3) is 0 Å². The van der Waals surface area contributed by atoms with Gasteiger partial charge < -0.3 is 5.32 Å². The molecule has 1 aromatic heterocycles. The first-order valence-electron chi connectivity index (χ1n) is 11.4. The number of piperidine rings is 1. The summed E-state index contributed by atoms with van der Waals surface area (Å²) < 4.78 is 29.8. The molecule has 9 heteroatoms. The normalized spacial score (nSPS) is 16.7. The van der Waals surface area contributed by atoms with Gasteiger partial charge in [-0.3, -0.25) is 4.79 Å². The number of sulfonamides is 1. The molecule has 3 aromatic rings. The molecule has 0 aliphatic carbocycles. The van der Waals surface area contributed by atoms with Crippen LogP contribution in [0.5, 0.6) is 0 Å². The maximum absolute atomic E-state index is 13.3. The average molecular weight is 470 g/mol. The molecule has 1 unspecified atom stereocenters. The third kappa shape index (κ3) is 4.52. The largest absolute Gasteiger partial charge is 0.325 e. The first kappa shape index (κ1) is 23.4. The zero-order valence-corrected chi connectivity index (χ0v) is 20.4. The van der Waals surface area contributed by atoms with Crippen molar-refractivity contribution in [2.75, 3.05) is 18.4 Å². The number of carbonyl (C=O) groups excluding carboxylic acids is 1. The van der Waals surface area contributed by atoms with E-state index < -0.39 is 10.0 Å². The summed E-state index contributed by atoms with van der Waals surface area (Å²) in [5.41, 5.74) is 4.27. The van der Waals surface area contributed by atoms with Crippen molar-refractivity contribution in [3.05, 3.63) is 47.5 Å². The van der Waals surface area contributed by atoms with E-state index >= 15 is 0 Å². The number of para-hydroxylation sites is 1. The standard InChI is InChI=1S/C24H31N5O3S/c1-5-18(4)29-22-10-9-20(15-21(22)26-27-29)33(31,32)28-13-11-19(12-14-28)24(30)25-23-16(2)7-6-8-17(23)3/h6-10,15,18-19H,5,11-14H2,1-4H3,(H,25,30). The summed E-state index contributed by atoms with van der Waals surface area (Å²) >= 11 is 0. The highest BCUT2D eigenvalue weighted by atomic mass is 32.2. The summed E-state index contributed by atoms with van der Waals surface area (Å²) in [4.78, 5) is 13.0. The van der Waals surface area contributed by atoms with Gasteiger partial charge >= 0.3 is 0 Å². The SMILES string of the molecule is CCC(C)n1nnc2cc(S(=O)(=O)N3CCC(C(=O)Nc4c(C)cccc4C)CC3)ccc21.